The number of carbonyl (C=O) groups is 1. The highest BCUT2D eigenvalue weighted by atomic mass is 32.2. The molecule has 108 valence electrons. The van der Waals surface area contributed by atoms with E-state index >= 15 is 0 Å². The minimum Gasteiger partial charge on any atom is -0.289 e. The van der Waals surface area contributed by atoms with Crippen molar-refractivity contribution in [3.8, 4) is 0 Å². The van der Waals surface area contributed by atoms with E-state index < -0.39 is 0 Å². The molecule has 0 fully saturated rings. The van der Waals surface area contributed by atoms with Crippen LogP contribution in [0.2, 0.25) is 0 Å². The molecular weight excluding hydrogens is 295 g/mol. The average molecular weight is 308 g/mol. The Bertz CT molecular complexity index is 799. The number of hydrogen-bond donors (Lipinski definition) is 0. The van der Waals surface area contributed by atoms with E-state index in [1.807, 2.05) is 42.5 Å². The Labute approximate surface area is 132 Å². The highest BCUT2D eigenvalue weighted by molar-refractivity contribution is 7.99. The standard InChI is InChI=1S/C19H13FOS/c20-15-9-6-10-16(13-15)22-18-12-5-4-11-17(18)19(21)14-7-2-1-3-8-14/h1-13H. The average Bonchev–Trinajstić information content (AvgIpc) is 2.56. The zero-order valence-electron chi connectivity index (χ0n) is 11.7. The molecular formula is C19H13FOS. The van der Waals surface area contributed by atoms with Crippen LogP contribution in [0.3, 0.4) is 0 Å². The van der Waals surface area contributed by atoms with Gasteiger partial charge in [-0.05, 0) is 30.3 Å². The first-order valence-corrected chi connectivity index (χ1v) is 7.68. The molecule has 0 spiro atoms. The van der Waals surface area contributed by atoms with Crippen LogP contribution in [0.4, 0.5) is 4.39 Å². The first kappa shape index (κ1) is 14.5. The van der Waals surface area contributed by atoms with Crippen LogP contribution in [-0.2, 0) is 0 Å². The number of benzene rings is 3. The molecule has 0 radical (unpaired) electrons. The van der Waals surface area contributed by atoms with E-state index in [1.165, 1.54) is 23.9 Å². The van der Waals surface area contributed by atoms with Crippen LogP contribution in [0.15, 0.2) is 88.7 Å². The number of carbonyl (C=O) groups excluding carboxylic acids is 1. The van der Waals surface area contributed by atoms with Crippen LogP contribution in [0.25, 0.3) is 0 Å². The first-order chi connectivity index (χ1) is 10.7. The van der Waals surface area contributed by atoms with Gasteiger partial charge in [0.25, 0.3) is 0 Å². The SMILES string of the molecule is O=C(c1ccccc1)c1ccccc1Sc1cccc(F)c1. The van der Waals surface area contributed by atoms with Crippen molar-refractivity contribution in [3.05, 3.63) is 95.8 Å². The lowest BCUT2D eigenvalue weighted by Crippen LogP contribution is -2.02. The summed E-state index contributed by atoms with van der Waals surface area (Å²) < 4.78 is 13.3. The van der Waals surface area contributed by atoms with Gasteiger partial charge in [0, 0.05) is 20.9 Å². The maximum absolute atomic E-state index is 13.3. The third-order valence-corrected chi connectivity index (χ3v) is 4.26. The van der Waals surface area contributed by atoms with Gasteiger partial charge in [0.2, 0.25) is 0 Å². The second kappa shape index (κ2) is 6.58. The third-order valence-electron chi connectivity index (χ3n) is 3.19. The molecule has 0 saturated heterocycles. The predicted octanol–water partition coefficient (Wildman–Crippen LogP) is 5.21. The lowest BCUT2D eigenvalue weighted by atomic mass is 10.0. The highest BCUT2D eigenvalue weighted by Crippen LogP contribution is 2.31. The molecule has 0 aliphatic rings. The number of halogens is 1. The van der Waals surface area contributed by atoms with Crippen LogP contribution >= 0.6 is 11.8 Å². The van der Waals surface area contributed by atoms with E-state index in [1.54, 1.807) is 24.3 Å². The second-order valence-corrected chi connectivity index (χ2v) is 5.87. The molecule has 3 aromatic carbocycles. The van der Waals surface area contributed by atoms with Crippen LogP contribution < -0.4 is 0 Å². The Balaban J connectivity index is 1.95. The van der Waals surface area contributed by atoms with Crippen LogP contribution in [0.5, 0.6) is 0 Å². The minimum atomic E-state index is -0.281. The predicted molar refractivity (Wildman–Crippen MR) is 86.8 cm³/mol. The fraction of sp³-hybridized carbons (Fsp3) is 0. The molecule has 3 aromatic rings. The van der Waals surface area contributed by atoms with Crippen molar-refractivity contribution in [2.24, 2.45) is 0 Å². The van der Waals surface area contributed by atoms with Gasteiger partial charge in [-0.2, -0.15) is 0 Å². The van der Waals surface area contributed by atoms with Crippen LogP contribution in [0, 0.1) is 5.82 Å². The van der Waals surface area contributed by atoms with E-state index in [0.29, 0.717) is 11.1 Å². The van der Waals surface area contributed by atoms with Crippen LogP contribution in [-0.4, -0.2) is 5.78 Å². The second-order valence-electron chi connectivity index (χ2n) is 4.75. The molecule has 0 aliphatic carbocycles. The third kappa shape index (κ3) is 3.26. The smallest absolute Gasteiger partial charge is 0.194 e. The van der Waals surface area contributed by atoms with Crippen molar-refractivity contribution in [3.63, 3.8) is 0 Å². The molecule has 0 bridgehead atoms. The quantitative estimate of drug-likeness (QED) is 0.616. The van der Waals surface area contributed by atoms with Crippen molar-refractivity contribution in [2.45, 2.75) is 9.79 Å². The van der Waals surface area contributed by atoms with E-state index in [9.17, 15) is 9.18 Å². The molecule has 0 amide bonds. The summed E-state index contributed by atoms with van der Waals surface area (Å²) in [6, 6.07) is 22.9. The van der Waals surface area contributed by atoms with Gasteiger partial charge in [0.15, 0.2) is 5.78 Å². The van der Waals surface area contributed by atoms with Gasteiger partial charge in [-0.15, -0.1) is 0 Å². The van der Waals surface area contributed by atoms with Gasteiger partial charge in [-0.3, -0.25) is 4.79 Å². The normalized spacial score (nSPS) is 10.4. The monoisotopic (exact) mass is 308 g/mol. The van der Waals surface area contributed by atoms with Gasteiger partial charge < -0.3 is 0 Å². The van der Waals surface area contributed by atoms with Crippen molar-refractivity contribution >= 4 is 17.5 Å². The summed E-state index contributed by atoms with van der Waals surface area (Å²) in [5.74, 6) is -0.308. The van der Waals surface area contributed by atoms with E-state index in [-0.39, 0.29) is 11.6 Å². The maximum atomic E-state index is 13.3. The Hall–Kier alpha value is -2.39. The summed E-state index contributed by atoms with van der Waals surface area (Å²) in [4.78, 5) is 14.2. The molecule has 22 heavy (non-hydrogen) atoms. The summed E-state index contributed by atoms with van der Waals surface area (Å²) in [5, 5.41) is 0. The summed E-state index contributed by atoms with van der Waals surface area (Å²) >= 11 is 1.39. The summed E-state index contributed by atoms with van der Waals surface area (Å²) in [5.41, 5.74) is 1.28. The minimum absolute atomic E-state index is 0.0277. The van der Waals surface area contributed by atoms with Crippen molar-refractivity contribution < 1.29 is 9.18 Å². The van der Waals surface area contributed by atoms with Gasteiger partial charge in [0.1, 0.15) is 5.82 Å². The Morgan fingerprint density at radius 2 is 1.55 bits per heavy atom. The molecule has 0 saturated carbocycles. The molecule has 0 N–H and O–H groups in total. The number of rotatable bonds is 4. The summed E-state index contributed by atoms with van der Waals surface area (Å²) in [7, 11) is 0. The zero-order valence-corrected chi connectivity index (χ0v) is 12.5. The van der Waals surface area contributed by atoms with Crippen molar-refractivity contribution in [2.75, 3.05) is 0 Å². The van der Waals surface area contributed by atoms with Crippen LogP contribution in [0.1, 0.15) is 15.9 Å². The van der Waals surface area contributed by atoms with Gasteiger partial charge in [-0.1, -0.05) is 60.3 Å². The van der Waals surface area contributed by atoms with Gasteiger partial charge >= 0.3 is 0 Å². The van der Waals surface area contributed by atoms with Crippen molar-refractivity contribution in [1.82, 2.24) is 0 Å². The molecule has 0 heterocycles. The lowest BCUT2D eigenvalue weighted by Gasteiger charge is -2.08. The Morgan fingerprint density at radius 1 is 0.818 bits per heavy atom. The van der Waals surface area contributed by atoms with E-state index in [4.69, 9.17) is 0 Å². The molecule has 0 unspecified atom stereocenters. The summed E-state index contributed by atoms with van der Waals surface area (Å²) in [6.07, 6.45) is 0. The maximum Gasteiger partial charge on any atom is 0.194 e. The topological polar surface area (TPSA) is 17.1 Å². The largest absolute Gasteiger partial charge is 0.289 e. The highest BCUT2D eigenvalue weighted by Gasteiger charge is 2.13. The molecule has 1 nitrogen and oxygen atoms in total. The Kier molecular flexibility index (Phi) is 4.35. The summed E-state index contributed by atoms with van der Waals surface area (Å²) in [6.45, 7) is 0. The molecule has 3 rings (SSSR count). The Morgan fingerprint density at radius 3 is 2.32 bits per heavy atom. The zero-order chi connectivity index (χ0) is 15.4. The lowest BCUT2D eigenvalue weighted by molar-refractivity contribution is 0.103. The van der Waals surface area contributed by atoms with E-state index in [2.05, 4.69) is 0 Å². The first-order valence-electron chi connectivity index (χ1n) is 6.86. The number of hydrogen-bond acceptors (Lipinski definition) is 2. The molecule has 0 aliphatic heterocycles. The van der Waals surface area contributed by atoms with Gasteiger partial charge in [0.05, 0.1) is 0 Å². The fourth-order valence-electron chi connectivity index (χ4n) is 2.15. The van der Waals surface area contributed by atoms with Crippen molar-refractivity contribution in [1.29, 1.82) is 0 Å². The number of ketones is 1. The van der Waals surface area contributed by atoms with Gasteiger partial charge in [-0.25, -0.2) is 4.39 Å². The van der Waals surface area contributed by atoms with E-state index in [0.717, 1.165) is 9.79 Å². The fourth-order valence-corrected chi connectivity index (χ4v) is 3.14. The molecule has 0 aromatic heterocycles. The molecule has 0 atom stereocenters. The molecule has 3 heteroatoms.